The summed E-state index contributed by atoms with van der Waals surface area (Å²) in [4.78, 5) is 2.22. The van der Waals surface area contributed by atoms with Crippen LogP contribution in [0.5, 0.6) is 11.5 Å². The van der Waals surface area contributed by atoms with E-state index < -0.39 is 5.60 Å². The lowest BCUT2D eigenvalue weighted by Crippen LogP contribution is -2.37. The maximum atomic E-state index is 6.52. The molecule has 0 saturated heterocycles. The third-order valence-corrected chi connectivity index (χ3v) is 5.14. The summed E-state index contributed by atoms with van der Waals surface area (Å²) in [6.45, 7) is 1.74. The summed E-state index contributed by atoms with van der Waals surface area (Å²) < 4.78 is 17.6. The van der Waals surface area contributed by atoms with Crippen LogP contribution in [-0.2, 0) is 16.8 Å². The van der Waals surface area contributed by atoms with Crippen LogP contribution in [0.3, 0.4) is 0 Å². The molecule has 1 aliphatic heterocycles. The van der Waals surface area contributed by atoms with Gasteiger partial charge in [-0.15, -0.1) is 12.4 Å². The molecule has 1 atom stereocenters. The first-order chi connectivity index (χ1) is 12.6. The molecule has 1 unspecified atom stereocenters. The Bertz CT molecular complexity index is 736. The van der Waals surface area contributed by atoms with Gasteiger partial charge >= 0.3 is 0 Å². The smallest absolute Gasteiger partial charge is 0.161 e. The van der Waals surface area contributed by atoms with E-state index in [0.717, 1.165) is 37.3 Å². The Kier molecular flexibility index (Phi) is 7.54. The molecule has 0 spiro atoms. The van der Waals surface area contributed by atoms with Gasteiger partial charge < -0.3 is 19.1 Å². The molecular weight excluding hydrogens is 362 g/mol. The lowest BCUT2D eigenvalue weighted by atomic mass is 9.77. The first kappa shape index (κ1) is 21.5. The van der Waals surface area contributed by atoms with Crippen molar-refractivity contribution in [2.45, 2.75) is 24.9 Å². The Balaban J connectivity index is 0.00000261. The molecule has 1 heterocycles. The summed E-state index contributed by atoms with van der Waals surface area (Å²) in [5.41, 5.74) is 3.24. The predicted octanol–water partition coefficient (Wildman–Crippen LogP) is 4.28. The van der Waals surface area contributed by atoms with E-state index in [4.69, 9.17) is 14.2 Å². The molecule has 0 aromatic heterocycles. The predicted molar refractivity (Wildman–Crippen MR) is 111 cm³/mol. The second-order valence-corrected chi connectivity index (χ2v) is 7.06. The minimum Gasteiger partial charge on any atom is -0.493 e. The number of rotatable bonds is 7. The molecule has 2 aromatic rings. The molecule has 0 fully saturated rings. The standard InChI is InChI=1S/C22H29NO3.ClH/c1-23(2)13-8-12-22(18-9-6-5-7-10-18)19-16-21(25-4)20(24-3)15-17(19)11-14-26-22;/h5-7,9-10,15-16H,8,11-14H2,1-4H3;1H. The van der Waals surface area contributed by atoms with Gasteiger partial charge in [0.05, 0.1) is 20.8 Å². The number of halogens is 1. The van der Waals surface area contributed by atoms with Crippen molar-refractivity contribution < 1.29 is 14.2 Å². The van der Waals surface area contributed by atoms with Gasteiger partial charge in [-0.3, -0.25) is 0 Å². The molecule has 0 aliphatic carbocycles. The average molecular weight is 392 g/mol. The van der Waals surface area contributed by atoms with Crippen molar-refractivity contribution in [3.63, 3.8) is 0 Å². The average Bonchev–Trinajstić information content (AvgIpc) is 2.67. The van der Waals surface area contributed by atoms with Gasteiger partial charge in [0, 0.05) is 0 Å². The first-order valence-electron chi connectivity index (χ1n) is 9.20. The molecular formula is C22H30ClNO3. The van der Waals surface area contributed by atoms with Gasteiger partial charge in [-0.25, -0.2) is 0 Å². The van der Waals surface area contributed by atoms with Crippen LogP contribution < -0.4 is 9.47 Å². The fraction of sp³-hybridized carbons (Fsp3) is 0.455. The lowest BCUT2D eigenvalue weighted by Gasteiger charge is -2.40. The van der Waals surface area contributed by atoms with E-state index in [1.807, 2.05) is 0 Å². The Morgan fingerprint density at radius 2 is 1.70 bits per heavy atom. The van der Waals surface area contributed by atoms with Crippen LogP contribution in [-0.4, -0.2) is 46.4 Å². The number of nitrogens with zero attached hydrogens (tertiary/aromatic N) is 1. The monoisotopic (exact) mass is 391 g/mol. The fourth-order valence-corrected chi connectivity index (χ4v) is 3.86. The maximum absolute atomic E-state index is 6.52. The third-order valence-electron chi connectivity index (χ3n) is 5.14. The summed E-state index contributed by atoms with van der Waals surface area (Å²) >= 11 is 0. The second-order valence-electron chi connectivity index (χ2n) is 7.06. The van der Waals surface area contributed by atoms with Crippen molar-refractivity contribution in [1.82, 2.24) is 4.90 Å². The quantitative estimate of drug-likeness (QED) is 0.704. The highest BCUT2D eigenvalue weighted by atomic mass is 35.5. The van der Waals surface area contributed by atoms with Gasteiger partial charge in [-0.05, 0) is 68.7 Å². The van der Waals surface area contributed by atoms with Crippen molar-refractivity contribution >= 4 is 12.4 Å². The summed E-state index contributed by atoms with van der Waals surface area (Å²) in [7, 11) is 7.59. The zero-order chi connectivity index (χ0) is 18.6. The van der Waals surface area contributed by atoms with E-state index >= 15 is 0 Å². The van der Waals surface area contributed by atoms with Crippen LogP contribution in [0.4, 0.5) is 0 Å². The van der Waals surface area contributed by atoms with Gasteiger partial charge in [0.1, 0.15) is 5.60 Å². The molecule has 1 aliphatic rings. The van der Waals surface area contributed by atoms with Crippen LogP contribution in [0.15, 0.2) is 42.5 Å². The van der Waals surface area contributed by atoms with Gasteiger partial charge in [0.25, 0.3) is 0 Å². The molecule has 2 aromatic carbocycles. The Morgan fingerprint density at radius 1 is 1.04 bits per heavy atom. The zero-order valence-electron chi connectivity index (χ0n) is 16.7. The molecule has 148 valence electrons. The molecule has 3 rings (SSSR count). The van der Waals surface area contributed by atoms with Crippen molar-refractivity contribution in [1.29, 1.82) is 0 Å². The van der Waals surface area contributed by atoms with Crippen LogP contribution in [0, 0.1) is 0 Å². The van der Waals surface area contributed by atoms with Crippen molar-refractivity contribution in [3.05, 3.63) is 59.2 Å². The minimum atomic E-state index is -0.440. The van der Waals surface area contributed by atoms with Crippen molar-refractivity contribution in [2.75, 3.05) is 41.5 Å². The number of ether oxygens (including phenoxy) is 3. The highest BCUT2D eigenvalue weighted by molar-refractivity contribution is 5.85. The van der Waals surface area contributed by atoms with Gasteiger partial charge in [-0.1, -0.05) is 30.3 Å². The van der Waals surface area contributed by atoms with Gasteiger partial charge in [-0.2, -0.15) is 0 Å². The summed E-state index contributed by atoms with van der Waals surface area (Å²) in [6.07, 6.45) is 2.87. The highest BCUT2D eigenvalue weighted by Gasteiger charge is 2.40. The number of hydrogen-bond donors (Lipinski definition) is 0. The van der Waals surface area contributed by atoms with Crippen molar-refractivity contribution in [3.8, 4) is 11.5 Å². The number of hydrogen-bond acceptors (Lipinski definition) is 4. The fourth-order valence-electron chi connectivity index (χ4n) is 3.86. The molecule has 27 heavy (non-hydrogen) atoms. The third kappa shape index (κ3) is 4.40. The van der Waals surface area contributed by atoms with Crippen LogP contribution in [0.1, 0.15) is 29.5 Å². The molecule has 0 radical (unpaired) electrons. The summed E-state index contributed by atoms with van der Waals surface area (Å²) in [5, 5.41) is 0. The Hall–Kier alpha value is -1.75. The summed E-state index contributed by atoms with van der Waals surface area (Å²) in [5.74, 6) is 1.54. The van der Waals surface area contributed by atoms with E-state index in [1.54, 1.807) is 14.2 Å². The number of methoxy groups -OCH3 is 2. The van der Waals surface area contributed by atoms with Crippen LogP contribution in [0.25, 0.3) is 0 Å². The number of benzene rings is 2. The normalized spacial score (nSPS) is 18.6. The minimum absolute atomic E-state index is 0. The van der Waals surface area contributed by atoms with E-state index in [1.165, 1.54) is 16.7 Å². The first-order valence-corrected chi connectivity index (χ1v) is 9.20. The van der Waals surface area contributed by atoms with E-state index in [0.29, 0.717) is 6.61 Å². The Labute approximate surface area is 168 Å². The largest absolute Gasteiger partial charge is 0.493 e. The zero-order valence-corrected chi connectivity index (χ0v) is 17.5. The Morgan fingerprint density at radius 3 is 2.33 bits per heavy atom. The summed E-state index contributed by atoms with van der Waals surface area (Å²) in [6, 6.07) is 14.8. The van der Waals surface area contributed by atoms with Crippen LogP contribution >= 0.6 is 12.4 Å². The number of fused-ring (bicyclic) bond motifs is 1. The van der Waals surface area contributed by atoms with Crippen molar-refractivity contribution in [2.24, 2.45) is 0 Å². The van der Waals surface area contributed by atoms with Crippen LogP contribution in [0.2, 0.25) is 0 Å². The molecule has 0 amide bonds. The molecule has 0 N–H and O–H groups in total. The molecule has 0 bridgehead atoms. The molecule has 0 saturated carbocycles. The second kappa shape index (κ2) is 9.45. The van der Waals surface area contributed by atoms with Gasteiger partial charge in [0.15, 0.2) is 11.5 Å². The van der Waals surface area contributed by atoms with E-state index in [-0.39, 0.29) is 12.4 Å². The lowest BCUT2D eigenvalue weighted by molar-refractivity contribution is -0.0369. The SMILES string of the molecule is COc1cc2c(cc1OC)C(CCCN(C)C)(c1ccccc1)OCC2.Cl. The maximum Gasteiger partial charge on any atom is 0.161 e. The highest BCUT2D eigenvalue weighted by Crippen LogP contribution is 2.46. The molecule has 5 heteroatoms. The molecule has 4 nitrogen and oxygen atoms in total. The van der Waals surface area contributed by atoms with E-state index in [9.17, 15) is 0 Å². The van der Waals surface area contributed by atoms with E-state index in [2.05, 4.69) is 61.5 Å². The van der Waals surface area contributed by atoms with Gasteiger partial charge in [0.2, 0.25) is 0 Å². The topological polar surface area (TPSA) is 30.9 Å².